The van der Waals surface area contributed by atoms with Crippen LogP contribution in [-0.2, 0) is 9.59 Å². The number of benzene rings is 1. The van der Waals surface area contributed by atoms with Gasteiger partial charge in [-0.3, -0.25) is 19.2 Å². The summed E-state index contributed by atoms with van der Waals surface area (Å²) < 4.78 is 0. The SMILES string of the molecule is CCCCCCCCCCNC(=O)c1cc(C(=O)NCCCCCCCCCC)cc(N(CC(=O)O)CC(=O)O)c1. The molecule has 232 valence electrons. The fourth-order valence-corrected chi connectivity index (χ4v) is 4.75. The Labute approximate surface area is 246 Å². The Morgan fingerprint density at radius 2 is 0.902 bits per heavy atom. The van der Waals surface area contributed by atoms with Crippen molar-refractivity contribution in [1.82, 2.24) is 10.6 Å². The molecule has 0 radical (unpaired) electrons. The molecule has 1 aromatic carbocycles. The van der Waals surface area contributed by atoms with E-state index in [1.807, 2.05) is 0 Å². The van der Waals surface area contributed by atoms with Crippen molar-refractivity contribution in [1.29, 1.82) is 0 Å². The molecular weight excluding hydrogens is 522 g/mol. The normalized spacial score (nSPS) is 10.8. The van der Waals surface area contributed by atoms with Gasteiger partial charge < -0.3 is 25.7 Å². The number of rotatable bonds is 25. The third kappa shape index (κ3) is 17.3. The molecule has 0 aromatic heterocycles. The van der Waals surface area contributed by atoms with E-state index < -0.39 is 25.0 Å². The average Bonchev–Trinajstić information content (AvgIpc) is 2.94. The Bertz CT molecular complexity index is 852. The number of aliphatic carboxylic acids is 2. The quantitative estimate of drug-likeness (QED) is 0.0990. The Balaban J connectivity index is 2.80. The molecule has 0 unspecified atom stereocenters. The van der Waals surface area contributed by atoms with E-state index in [1.165, 1.54) is 82.4 Å². The lowest BCUT2D eigenvalue weighted by Gasteiger charge is -2.22. The molecule has 9 nitrogen and oxygen atoms in total. The second-order valence-electron chi connectivity index (χ2n) is 10.9. The summed E-state index contributed by atoms with van der Waals surface area (Å²) in [5.41, 5.74) is 0.590. The molecule has 41 heavy (non-hydrogen) atoms. The maximum absolute atomic E-state index is 13.0. The number of anilines is 1. The first kappa shape index (κ1) is 35.9. The van der Waals surface area contributed by atoms with Crippen LogP contribution in [0.1, 0.15) is 137 Å². The summed E-state index contributed by atoms with van der Waals surface area (Å²) in [6.45, 7) is 4.23. The van der Waals surface area contributed by atoms with Gasteiger partial charge in [0, 0.05) is 29.9 Å². The van der Waals surface area contributed by atoms with Crippen LogP contribution in [-0.4, -0.2) is 60.1 Å². The van der Waals surface area contributed by atoms with Crippen molar-refractivity contribution in [2.45, 2.75) is 117 Å². The predicted octanol–water partition coefficient (Wildman–Crippen LogP) is 6.40. The van der Waals surface area contributed by atoms with E-state index in [0.717, 1.165) is 43.4 Å². The van der Waals surface area contributed by atoms with Gasteiger partial charge in [-0.15, -0.1) is 0 Å². The van der Waals surface area contributed by atoms with Crippen LogP contribution in [0.25, 0.3) is 0 Å². The first-order valence-electron chi connectivity index (χ1n) is 15.7. The van der Waals surface area contributed by atoms with E-state index in [4.69, 9.17) is 0 Å². The number of nitrogens with zero attached hydrogens (tertiary/aromatic N) is 1. The molecule has 0 atom stereocenters. The largest absolute Gasteiger partial charge is 0.480 e. The van der Waals surface area contributed by atoms with Crippen molar-refractivity contribution < 1.29 is 29.4 Å². The molecule has 0 bridgehead atoms. The fraction of sp³-hybridized carbons (Fsp3) is 0.688. The summed E-state index contributed by atoms with van der Waals surface area (Å²) in [6, 6.07) is 4.38. The molecule has 0 saturated heterocycles. The van der Waals surface area contributed by atoms with Crippen LogP contribution in [0.3, 0.4) is 0 Å². The topological polar surface area (TPSA) is 136 Å². The number of hydrogen-bond acceptors (Lipinski definition) is 5. The lowest BCUT2D eigenvalue weighted by Crippen LogP contribution is -2.35. The van der Waals surface area contributed by atoms with Gasteiger partial charge in [0.1, 0.15) is 13.1 Å². The van der Waals surface area contributed by atoms with Gasteiger partial charge in [0.15, 0.2) is 0 Å². The standard InChI is InChI=1S/C32H53N3O6/c1-3-5-7-9-11-13-15-17-19-33-31(40)26-21-27(23-28(22-26)35(24-29(36)37)25-30(38)39)32(41)34-20-18-16-14-12-10-8-6-4-2/h21-23H,3-20,24-25H2,1-2H3,(H,33,40)(H,34,41)(H,36,37)(H,38,39). The second-order valence-corrected chi connectivity index (χ2v) is 10.9. The Kier molecular flexibility index (Phi) is 19.8. The molecule has 9 heteroatoms. The number of carbonyl (C=O) groups is 4. The molecule has 0 aliphatic carbocycles. The minimum absolute atomic E-state index is 0.195. The maximum atomic E-state index is 13.0. The lowest BCUT2D eigenvalue weighted by atomic mass is 10.1. The Hall–Kier alpha value is -3.10. The van der Waals surface area contributed by atoms with E-state index >= 15 is 0 Å². The van der Waals surface area contributed by atoms with E-state index in [2.05, 4.69) is 24.5 Å². The number of unbranched alkanes of at least 4 members (excludes halogenated alkanes) is 14. The van der Waals surface area contributed by atoms with Gasteiger partial charge in [0.25, 0.3) is 11.8 Å². The van der Waals surface area contributed by atoms with E-state index in [9.17, 15) is 29.4 Å². The van der Waals surface area contributed by atoms with Crippen molar-refractivity contribution in [2.24, 2.45) is 0 Å². The van der Waals surface area contributed by atoms with Crippen LogP contribution >= 0.6 is 0 Å². The molecule has 1 aromatic rings. The van der Waals surface area contributed by atoms with Crippen molar-refractivity contribution in [3.8, 4) is 0 Å². The van der Waals surface area contributed by atoms with Gasteiger partial charge in [-0.05, 0) is 31.0 Å². The van der Waals surface area contributed by atoms with Crippen molar-refractivity contribution in [2.75, 3.05) is 31.1 Å². The molecule has 4 N–H and O–H groups in total. The molecule has 0 aliphatic rings. The smallest absolute Gasteiger partial charge is 0.323 e. The highest BCUT2D eigenvalue weighted by Crippen LogP contribution is 2.20. The lowest BCUT2D eigenvalue weighted by molar-refractivity contribution is -0.136. The zero-order valence-electron chi connectivity index (χ0n) is 25.3. The van der Waals surface area contributed by atoms with Gasteiger partial charge in [-0.2, -0.15) is 0 Å². The molecule has 0 aliphatic heterocycles. The van der Waals surface area contributed by atoms with Gasteiger partial charge in [0.05, 0.1) is 0 Å². The van der Waals surface area contributed by atoms with Crippen LogP contribution in [0.2, 0.25) is 0 Å². The summed E-state index contributed by atoms with van der Waals surface area (Å²) in [7, 11) is 0. The van der Waals surface area contributed by atoms with Crippen molar-refractivity contribution >= 4 is 29.4 Å². The monoisotopic (exact) mass is 575 g/mol. The number of hydrogen-bond donors (Lipinski definition) is 4. The number of nitrogens with one attached hydrogen (secondary N) is 2. The third-order valence-corrected chi connectivity index (χ3v) is 7.09. The minimum atomic E-state index is -1.21. The number of carboxylic acids is 2. The molecule has 0 heterocycles. The predicted molar refractivity (Wildman–Crippen MR) is 164 cm³/mol. The number of carboxylic acid groups (broad SMARTS) is 2. The van der Waals surface area contributed by atoms with E-state index in [0.29, 0.717) is 13.1 Å². The molecule has 0 fully saturated rings. The highest BCUT2D eigenvalue weighted by Gasteiger charge is 2.19. The van der Waals surface area contributed by atoms with Gasteiger partial charge in [0.2, 0.25) is 0 Å². The van der Waals surface area contributed by atoms with Crippen LogP contribution < -0.4 is 15.5 Å². The zero-order valence-corrected chi connectivity index (χ0v) is 25.3. The summed E-state index contributed by atoms with van der Waals surface area (Å²) >= 11 is 0. The Morgan fingerprint density at radius 3 is 1.24 bits per heavy atom. The van der Waals surface area contributed by atoms with E-state index in [1.54, 1.807) is 0 Å². The zero-order chi connectivity index (χ0) is 30.3. The second kappa shape index (κ2) is 22.6. The molecule has 0 spiro atoms. The summed E-state index contributed by atoms with van der Waals surface area (Å²) in [5.74, 6) is -3.18. The fourth-order valence-electron chi connectivity index (χ4n) is 4.75. The third-order valence-electron chi connectivity index (χ3n) is 7.09. The van der Waals surface area contributed by atoms with Crippen LogP contribution in [0.5, 0.6) is 0 Å². The first-order valence-corrected chi connectivity index (χ1v) is 15.7. The van der Waals surface area contributed by atoms with Gasteiger partial charge in [-0.25, -0.2) is 0 Å². The molecular formula is C32H53N3O6. The first-order chi connectivity index (χ1) is 19.8. The molecule has 2 amide bonds. The summed E-state index contributed by atoms with van der Waals surface area (Å²) in [5, 5.41) is 24.4. The maximum Gasteiger partial charge on any atom is 0.323 e. The van der Waals surface area contributed by atoms with Crippen molar-refractivity contribution in [3.63, 3.8) is 0 Å². The van der Waals surface area contributed by atoms with Gasteiger partial charge >= 0.3 is 11.9 Å². The number of carbonyl (C=O) groups excluding carboxylic acids is 2. The highest BCUT2D eigenvalue weighted by atomic mass is 16.4. The summed E-state index contributed by atoms with van der Waals surface area (Å²) in [6.07, 6.45) is 18.3. The average molecular weight is 576 g/mol. The van der Waals surface area contributed by atoms with Crippen LogP contribution in [0.4, 0.5) is 5.69 Å². The van der Waals surface area contributed by atoms with Crippen LogP contribution in [0.15, 0.2) is 18.2 Å². The molecule has 1 rings (SSSR count). The van der Waals surface area contributed by atoms with Gasteiger partial charge in [-0.1, -0.05) is 104 Å². The number of amides is 2. The van der Waals surface area contributed by atoms with Crippen LogP contribution in [0, 0.1) is 0 Å². The van der Waals surface area contributed by atoms with Crippen molar-refractivity contribution in [3.05, 3.63) is 29.3 Å². The Morgan fingerprint density at radius 1 is 0.561 bits per heavy atom. The van der Waals surface area contributed by atoms with E-state index in [-0.39, 0.29) is 28.6 Å². The minimum Gasteiger partial charge on any atom is -0.480 e. The summed E-state index contributed by atoms with van der Waals surface area (Å²) in [4.78, 5) is 49.9. The molecule has 0 saturated carbocycles. The highest BCUT2D eigenvalue weighted by molar-refractivity contribution is 6.01.